The van der Waals surface area contributed by atoms with E-state index in [1.54, 1.807) is 18.2 Å². The van der Waals surface area contributed by atoms with Crippen LogP contribution in [0, 0.1) is 6.07 Å². The van der Waals surface area contributed by atoms with Gasteiger partial charge in [0.1, 0.15) is 0 Å². The lowest BCUT2D eigenvalue weighted by Crippen LogP contribution is -2.20. The van der Waals surface area contributed by atoms with Gasteiger partial charge in [-0.3, -0.25) is 14.9 Å². The molecule has 3 nitrogen and oxygen atoms in total. The number of imide groups is 1. The van der Waals surface area contributed by atoms with E-state index in [1.807, 2.05) is 24.3 Å². The summed E-state index contributed by atoms with van der Waals surface area (Å²) >= 11 is 0. The fraction of sp³-hybridized carbons (Fsp3) is 0. The van der Waals surface area contributed by atoms with Crippen LogP contribution < -0.4 is 5.32 Å². The zero-order valence-electron chi connectivity index (χ0n) is 8.86. The summed E-state index contributed by atoms with van der Waals surface area (Å²) in [5, 5.41) is 2.30. The average Bonchev–Trinajstić information content (AvgIpc) is 2.66. The van der Waals surface area contributed by atoms with Crippen molar-refractivity contribution in [2.75, 3.05) is 0 Å². The van der Waals surface area contributed by atoms with E-state index in [-0.39, 0.29) is 11.8 Å². The number of hydrogen-bond donors (Lipinski definition) is 1. The molecule has 1 radical (unpaired) electrons. The summed E-state index contributed by atoms with van der Waals surface area (Å²) in [7, 11) is 0. The van der Waals surface area contributed by atoms with Crippen molar-refractivity contribution < 1.29 is 9.59 Å². The third-order valence-corrected chi connectivity index (χ3v) is 2.76. The number of nitrogens with one attached hydrogen (secondary N) is 1. The lowest BCUT2D eigenvalue weighted by Gasteiger charge is -2.04. The largest absolute Gasteiger partial charge is 0.288 e. The van der Waals surface area contributed by atoms with Crippen LogP contribution >= 0.6 is 0 Å². The van der Waals surface area contributed by atoms with E-state index < -0.39 is 0 Å². The summed E-state index contributed by atoms with van der Waals surface area (Å²) in [4.78, 5) is 23.2. The zero-order chi connectivity index (χ0) is 11.8. The van der Waals surface area contributed by atoms with Gasteiger partial charge in [0.25, 0.3) is 11.8 Å². The molecule has 0 bridgehead atoms. The van der Waals surface area contributed by atoms with Gasteiger partial charge in [0.15, 0.2) is 0 Å². The van der Waals surface area contributed by atoms with Crippen molar-refractivity contribution in [3.05, 3.63) is 59.7 Å². The number of fused-ring (bicyclic) bond motifs is 1. The highest BCUT2D eigenvalue weighted by Crippen LogP contribution is 2.28. The van der Waals surface area contributed by atoms with Crippen LogP contribution in [0.2, 0.25) is 0 Å². The molecular formula is C14H8NO2. The van der Waals surface area contributed by atoms with Crippen LogP contribution in [-0.4, -0.2) is 11.8 Å². The third kappa shape index (κ3) is 1.44. The molecule has 1 N–H and O–H groups in total. The molecule has 0 aliphatic carbocycles. The van der Waals surface area contributed by atoms with Crippen molar-refractivity contribution in [3.63, 3.8) is 0 Å². The summed E-state index contributed by atoms with van der Waals surface area (Å²) in [6.07, 6.45) is 0. The van der Waals surface area contributed by atoms with Gasteiger partial charge in [0, 0.05) is 0 Å². The summed E-state index contributed by atoms with van der Waals surface area (Å²) < 4.78 is 0. The van der Waals surface area contributed by atoms with Gasteiger partial charge >= 0.3 is 0 Å². The molecule has 81 valence electrons. The predicted molar refractivity (Wildman–Crippen MR) is 62.5 cm³/mol. The molecule has 1 aliphatic heterocycles. The van der Waals surface area contributed by atoms with Crippen LogP contribution in [0.1, 0.15) is 20.7 Å². The highest BCUT2D eigenvalue weighted by atomic mass is 16.2. The van der Waals surface area contributed by atoms with E-state index >= 15 is 0 Å². The standard InChI is InChI=1S/C14H8NO2/c16-13-11-8-4-7-10(12(11)14(17)15-13)9-5-2-1-3-6-9/h1-5,7-8H,(H,15,16,17). The van der Waals surface area contributed by atoms with E-state index in [9.17, 15) is 9.59 Å². The molecular weight excluding hydrogens is 214 g/mol. The van der Waals surface area contributed by atoms with Crippen LogP contribution in [0.3, 0.4) is 0 Å². The monoisotopic (exact) mass is 222 g/mol. The highest BCUT2D eigenvalue weighted by Gasteiger charge is 2.29. The van der Waals surface area contributed by atoms with Crippen molar-refractivity contribution in [3.8, 4) is 11.1 Å². The van der Waals surface area contributed by atoms with Crippen molar-refractivity contribution in [1.29, 1.82) is 0 Å². The molecule has 0 unspecified atom stereocenters. The Hall–Kier alpha value is -2.42. The number of carbonyl (C=O) groups excluding carboxylic acids is 2. The Morgan fingerprint density at radius 3 is 2.47 bits per heavy atom. The molecule has 1 heterocycles. The Morgan fingerprint density at radius 1 is 0.882 bits per heavy atom. The minimum absolute atomic E-state index is 0.331. The van der Waals surface area contributed by atoms with Gasteiger partial charge in [-0.25, -0.2) is 0 Å². The van der Waals surface area contributed by atoms with Crippen molar-refractivity contribution in [1.82, 2.24) is 5.32 Å². The quantitative estimate of drug-likeness (QED) is 0.750. The summed E-state index contributed by atoms with van der Waals surface area (Å²) in [6.45, 7) is 0. The van der Waals surface area contributed by atoms with Gasteiger partial charge < -0.3 is 0 Å². The molecule has 2 aromatic carbocycles. The van der Waals surface area contributed by atoms with Gasteiger partial charge in [0.05, 0.1) is 11.1 Å². The van der Waals surface area contributed by atoms with Crippen molar-refractivity contribution >= 4 is 11.8 Å². The van der Waals surface area contributed by atoms with E-state index in [2.05, 4.69) is 11.4 Å². The number of benzene rings is 2. The van der Waals surface area contributed by atoms with Crippen LogP contribution in [0.4, 0.5) is 0 Å². The average molecular weight is 222 g/mol. The Kier molecular flexibility index (Phi) is 2.05. The van der Waals surface area contributed by atoms with Gasteiger partial charge in [0.2, 0.25) is 0 Å². The first kappa shape index (κ1) is 9.78. The number of hydrogen-bond acceptors (Lipinski definition) is 2. The normalized spacial score (nSPS) is 13.4. The van der Waals surface area contributed by atoms with E-state index in [1.165, 1.54) is 0 Å². The Morgan fingerprint density at radius 2 is 1.71 bits per heavy atom. The topological polar surface area (TPSA) is 46.2 Å². The summed E-state index contributed by atoms with van der Waals surface area (Å²) in [5.41, 5.74) is 2.44. The molecule has 3 rings (SSSR count). The fourth-order valence-electron chi connectivity index (χ4n) is 2.00. The number of rotatable bonds is 1. The first-order valence-electron chi connectivity index (χ1n) is 5.23. The van der Waals surface area contributed by atoms with Gasteiger partial charge in [-0.15, -0.1) is 0 Å². The second-order valence-electron chi connectivity index (χ2n) is 3.79. The summed E-state index contributed by atoms with van der Waals surface area (Å²) in [5.74, 6) is -0.666. The van der Waals surface area contributed by atoms with Gasteiger partial charge in [-0.2, -0.15) is 0 Å². The number of amides is 2. The Labute approximate surface area is 98.1 Å². The Balaban J connectivity index is 2.27. The van der Waals surface area contributed by atoms with Crippen LogP contribution in [0.15, 0.2) is 42.5 Å². The highest BCUT2D eigenvalue weighted by molar-refractivity contribution is 6.24. The molecule has 1 aliphatic rings. The van der Waals surface area contributed by atoms with Crippen LogP contribution in [0.5, 0.6) is 0 Å². The second kappa shape index (κ2) is 3.56. The van der Waals surface area contributed by atoms with Crippen LogP contribution in [0.25, 0.3) is 11.1 Å². The minimum atomic E-state index is -0.335. The summed E-state index contributed by atoms with van der Waals surface area (Å²) in [6, 6.07) is 15.7. The molecule has 0 aromatic heterocycles. The maximum absolute atomic E-state index is 11.7. The fourth-order valence-corrected chi connectivity index (χ4v) is 2.00. The van der Waals surface area contributed by atoms with E-state index in [0.29, 0.717) is 11.1 Å². The molecule has 2 aromatic rings. The smallest absolute Gasteiger partial charge is 0.259 e. The lowest BCUT2D eigenvalue weighted by molar-refractivity contribution is 0.0880. The first-order chi connectivity index (χ1) is 8.27. The van der Waals surface area contributed by atoms with Crippen LogP contribution in [-0.2, 0) is 0 Å². The molecule has 0 fully saturated rings. The lowest BCUT2D eigenvalue weighted by atomic mass is 9.97. The molecule has 3 heteroatoms. The second-order valence-corrected chi connectivity index (χ2v) is 3.79. The maximum atomic E-state index is 11.7. The van der Waals surface area contributed by atoms with Gasteiger partial charge in [-0.05, 0) is 23.3 Å². The first-order valence-corrected chi connectivity index (χ1v) is 5.23. The molecule has 2 amide bonds. The number of carbonyl (C=O) groups is 2. The molecule has 17 heavy (non-hydrogen) atoms. The molecule has 0 saturated carbocycles. The van der Waals surface area contributed by atoms with E-state index in [0.717, 1.165) is 11.1 Å². The van der Waals surface area contributed by atoms with Gasteiger partial charge in [-0.1, -0.05) is 36.4 Å². The Bertz CT molecular complexity index is 617. The zero-order valence-corrected chi connectivity index (χ0v) is 8.86. The third-order valence-electron chi connectivity index (χ3n) is 2.76. The van der Waals surface area contributed by atoms with Crippen molar-refractivity contribution in [2.45, 2.75) is 0 Å². The van der Waals surface area contributed by atoms with Crippen molar-refractivity contribution in [2.24, 2.45) is 0 Å². The maximum Gasteiger partial charge on any atom is 0.259 e. The van der Waals surface area contributed by atoms with E-state index in [4.69, 9.17) is 0 Å². The molecule has 0 saturated heterocycles. The SMILES string of the molecule is O=C1NC(=O)c2c1cccc2-c1[c]cccc1. The minimum Gasteiger partial charge on any atom is -0.288 e. The molecule has 0 atom stereocenters. The predicted octanol–water partition coefficient (Wildman–Crippen LogP) is 2.04. The molecule has 0 spiro atoms.